The molecule has 1 amide bonds. The quantitative estimate of drug-likeness (QED) is 0.330. The van der Waals surface area contributed by atoms with Gasteiger partial charge in [0.05, 0.1) is 0 Å². The van der Waals surface area contributed by atoms with E-state index in [1.807, 2.05) is 43.3 Å². The van der Waals surface area contributed by atoms with Crippen molar-refractivity contribution in [2.75, 3.05) is 34.2 Å². The Balaban J connectivity index is 0.00000312. The third kappa shape index (κ3) is 7.60. The largest absolute Gasteiger partial charge is 0.353 e. The molecule has 140 valence electrons. The van der Waals surface area contributed by atoms with Crippen LogP contribution < -0.4 is 16.0 Å². The summed E-state index contributed by atoms with van der Waals surface area (Å²) in [6, 6.07) is 8.22. The Morgan fingerprint density at radius 1 is 1.32 bits per heavy atom. The number of guanidine groups is 1. The Bertz CT molecular complexity index is 591. The van der Waals surface area contributed by atoms with E-state index < -0.39 is 0 Å². The summed E-state index contributed by atoms with van der Waals surface area (Å²) < 4.78 is 0. The zero-order chi connectivity index (χ0) is 17.5. The van der Waals surface area contributed by atoms with Gasteiger partial charge in [0.25, 0.3) is 5.91 Å². The van der Waals surface area contributed by atoms with Crippen LogP contribution in [0, 0.1) is 5.92 Å². The highest BCUT2D eigenvalue weighted by atomic mass is 127. The number of nitrogens with one attached hydrogen (secondary N) is 3. The molecule has 0 aromatic heterocycles. The number of amides is 1. The lowest BCUT2D eigenvalue weighted by molar-refractivity contribution is 0.0951. The first-order valence-corrected chi connectivity index (χ1v) is 8.48. The predicted octanol–water partition coefficient (Wildman–Crippen LogP) is 1.67. The molecule has 1 fully saturated rings. The molecular weight excluding hydrogens is 429 g/mol. The zero-order valence-corrected chi connectivity index (χ0v) is 17.8. The minimum Gasteiger partial charge on any atom is -0.353 e. The van der Waals surface area contributed by atoms with E-state index in [1.165, 1.54) is 6.42 Å². The normalized spacial score (nSPS) is 19.2. The number of rotatable bonds is 7. The summed E-state index contributed by atoms with van der Waals surface area (Å²) in [6.07, 6.45) is 1.20. The fraction of sp³-hybridized carbons (Fsp3) is 0.556. The molecule has 7 heteroatoms. The fourth-order valence-electron chi connectivity index (χ4n) is 2.40. The number of benzene rings is 1. The maximum absolute atomic E-state index is 12.2. The van der Waals surface area contributed by atoms with E-state index in [0.29, 0.717) is 24.7 Å². The molecule has 0 bridgehead atoms. The SMILES string of the molecule is CN=C(NCc1cccc(C(=O)NCCN(C)C)c1)NC1CC1C.I. The summed E-state index contributed by atoms with van der Waals surface area (Å²) in [5.41, 5.74) is 1.74. The molecule has 6 nitrogen and oxygen atoms in total. The van der Waals surface area contributed by atoms with E-state index in [4.69, 9.17) is 0 Å². The van der Waals surface area contributed by atoms with Gasteiger partial charge in [-0.3, -0.25) is 9.79 Å². The molecule has 3 N–H and O–H groups in total. The van der Waals surface area contributed by atoms with Crippen LogP contribution in [0.15, 0.2) is 29.3 Å². The average Bonchev–Trinajstić information content (AvgIpc) is 3.26. The van der Waals surface area contributed by atoms with E-state index in [-0.39, 0.29) is 29.9 Å². The lowest BCUT2D eigenvalue weighted by Gasteiger charge is -2.13. The second-order valence-corrected chi connectivity index (χ2v) is 6.65. The molecule has 1 saturated carbocycles. The van der Waals surface area contributed by atoms with Gasteiger partial charge in [-0.05, 0) is 44.1 Å². The van der Waals surface area contributed by atoms with Crippen LogP contribution in [-0.2, 0) is 6.54 Å². The second kappa shape index (κ2) is 10.6. The summed E-state index contributed by atoms with van der Waals surface area (Å²) in [5.74, 6) is 1.50. The van der Waals surface area contributed by atoms with E-state index in [0.717, 1.165) is 24.0 Å². The van der Waals surface area contributed by atoms with Gasteiger partial charge in [0, 0.05) is 38.3 Å². The fourth-order valence-corrected chi connectivity index (χ4v) is 2.40. The predicted molar refractivity (Wildman–Crippen MR) is 114 cm³/mol. The number of hydrogen-bond donors (Lipinski definition) is 3. The highest BCUT2D eigenvalue weighted by molar-refractivity contribution is 14.0. The van der Waals surface area contributed by atoms with Gasteiger partial charge in [-0.15, -0.1) is 24.0 Å². The molecule has 0 heterocycles. The molecule has 1 aliphatic carbocycles. The monoisotopic (exact) mass is 459 g/mol. The van der Waals surface area contributed by atoms with Gasteiger partial charge in [0.1, 0.15) is 0 Å². The van der Waals surface area contributed by atoms with Gasteiger partial charge in [-0.2, -0.15) is 0 Å². The van der Waals surface area contributed by atoms with Crippen molar-refractivity contribution in [2.24, 2.45) is 10.9 Å². The summed E-state index contributed by atoms with van der Waals surface area (Å²) in [6.45, 7) is 4.34. The van der Waals surface area contributed by atoms with Crippen LogP contribution in [0.3, 0.4) is 0 Å². The topological polar surface area (TPSA) is 68.8 Å². The van der Waals surface area contributed by atoms with Crippen molar-refractivity contribution in [3.63, 3.8) is 0 Å². The van der Waals surface area contributed by atoms with Gasteiger partial charge in [-0.25, -0.2) is 0 Å². The highest BCUT2D eigenvalue weighted by Crippen LogP contribution is 2.28. The Hall–Kier alpha value is -1.35. The Morgan fingerprint density at radius 3 is 2.64 bits per heavy atom. The summed E-state index contributed by atoms with van der Waals surface area (Å²) in [5, 5.41) is 9.63. The van der Waals surface area contributed by atoms with E-state index in [9.17, 15) is 4.79 Å². The maximum atomic E-state index is 12.2. The molecule has 2 rings (SSSR count). The maximum Gasteiger partial charge on any atom is 0.251 e. The van der Waals surface area contributed by atoms with Gasteiger partial charge < -0.3 is 20.9 Å². The standard InChI is InChI=1S/C18H29N5O.HI/c1-13-10-16(13)22-18(19-2)21-12-14-6-5-7-15(11-14)17(24)20-8-9-23(3)4;/h5-7,11,13,16H,8-10,12H2,1-4H3,(H,20,24)(H2,19,21,22);1H. The summed E-state index contributed by atoms with van der Waals surface area (Å²) >= 11 is 0. The summed E-state index contributed by atoms with van der Waals surface area (Å²) in [4.78, 5) is 18.5. The Kier molecular flexibility index (Phi) is 9.20. The smallest absolute Gasteiger partial charge is 0.251 e. The summed E-state index contributed by atoms with van der Waals surface area (Å²) in [7, 11) is 5.75. The van der Waals surface area contributed by atoms with Gasteiger partial charge in [0.15, 0.2) is 5.96 Å². The molecule has 2 atom stereocenters. The molecule has 0 spiro atoms. The molecule has 0 saturated heterocycles. The number of nitrogens with zero attached hydrogens (tertiary/aromatic N) is 2. The van der Waals surface area contributed by atoms with Crippen molar-refractivity contribution in [3.05, 3.63) is 35.4 Å². The van der Waals surface area contributed by atoms with Crippen molar-refractivity contribution in [1.29, 1.82) is 0 Å². The number of likely N-dealkylation sites (N-methyl/N-ethyl adjacent to an activating group) is 1. The van der Waals surface area contributed by atoms with Crippen molar-refractivity contribution in [3.8, 4) is 0 Å². The minimum absolute atomic E-state index is 0. The van der Waals surface area contributed by atoms with Crippen LogP contribution in [0.2, 0.25) is 0 Å². The Labute approximate surface area is 167 Å². The molecule has 1 aromatic rings. The van der Waals surface area contributed by atoms with Crippen molar-refractivity contribution < 1.29 is 4.79 Å². The zero-order valence-electron chi connectivity index (χ0n) is 15.5. The molecule has 2 unspecified atom stereocenters. The number of aliphatic imine (C=N–C) groups is 1. The van der Waals surface area contributed by atoms with Crippen molar-refractivity contribution in [1.82, 2.24) is 20.9 Å². The minimum atomic E-state index is -0.0342. The van der Waals surface area contributed by atoms with Crippen molar-refractivity contribution >= 4 is 35.8 Å². The first-order chi connectivity index (χ1) is 11.5. The number of carbonyl (C=O) groups is 1. The highest BCUT2D eigenvalue weighted by Gasteiger charge is 2.33. The first-order valence-electron chi connectivity index (χ1n) is 8.48. The van der Waals surface area contributed by atoms with E-state index in [2.05, 4.69) is 27.9 Å². The van der Waals surface area contributed by atoms with Gasteiger partial charge in [-0.1, -0.05) is 19.1 Å². The number of halogens is 1. The molecular formula is C18H30IN5O. The van der Waals surface area contributed by atoms with Crippen LogP contribution in [0.5, 0.6) is 0 Å². The van der Waals surface area contributed by atoms with E-state index in [1.54, 1.807) is 7.05 Å². The number of hydrogen-bond acceptors (Lipinski definition) is 3. The molecule has 0 radical (unpaired) electrons. The van der Waals surface area contributed by atoms with Gasteiger partial charge >= 0.3 is 0 Å². The van der Waals surface area contributed by atoms with Crippen LogP contribution in [0.4, 0.5) is 0 Å². The lowest BCUT2D eigenvalue weighted by Crippen LogP contribution is -2.38. The van der Waals surface area contributed by atoms with Crippen LogP contribution in [0.25, 0.3) is 0 Å². The van der Waals surface area contributed by atoms with Gasteiger partial charge in [0.2, 0.25) is 0 Å². The molecule has 1 aliphatic rings. The number of carbonyl (C=O) groups excluding carboxylic acids is 1. The third-order valence-corrected chi connectivity index (χ3v) is 4.15. The van der Waals surface area contributed by atoms with Crippen LogP contribution in [0.1, 0.15) is 29.3 Å². The van der Waals surface area contributed by atoms with Crippen LogP contribution in [-0.4, -0.2) is 57.0 Å². The average molecular weight is 459 g/mol. The lowest BCUT2D eigenvalue weighted by atomic mass is 10.1. The van der Waals surface area contributed by atoms with E-state index >= 15 is 0 Å². The van der Waals surface area contributed by atoms with Crippen molar-refractivity contribution in [2.45, 2.75) is 25.9 Å². The third-order valence-electron chi connectivity index (χ3n) is 4.15. The molecule has 1 aromatic carbocycles. The molecule has 0 aliphatic heterocycles. The second-order valence-electron chi connectivity index (χ2n) is 6.65. The first kappa shape index (κ1) is 21.7. The molecule has 25 heavy (non-hydrogen) atoms. The van der Waals surface area contributed by atoms with Crippen LogP contribution >= 0.6 is 24.0 Å². The Morgan fingerprint density at radius 2 is 2.04 bits per heavy atom.